The minimum atomic E-state index is -3.33. The second kappa shape index (κ2) is 17.7. The van der Waals surface area contributed by atoms with E-state index in [1.807, 2.05) is 0 Å². The molecule has 0 radical (unpaired) electrons. The number of rotatable bonds is 10. The number of hydrogen-bond donors (Lipinski definition) is 0. The first-order valence-corrected chi connectivity index (χ1v) is 20.5. The van der Waals surface area contributed by atoms with Crippen molar-refractivity contribution in [2.75, 3.05) is 114 Å². The van der Waals surface area contributed by atoms with E-state index in [4.69, 9.17) is 0 Å². The van der Waals surface area contributed by atoms with Crippen molar-refractivity contribution in [1.29, 1.82) is 0 Å². The summed E-state index contributed by atoms with van der Waals surface area (Å²) in [6.45, 7) is 16.8. The third-order valence-corrected chi connectivity index (χ3v) is 20.6. The molecule has 1 aliphatic carbocycles. The van der Waals surface area contributed by atoms with Crippen molar-refractivity contribution >= 4 is 57.8 Å². The summed E-state index contributed by atoms with van der Waals surface area (Å²) in [6, 6.07) is 14.2. The predicted molar refractivity (Wildman–Crippen MR) is 224 cm³/mol. The van der Waals surface area contributed by atoms with Crippen molar-refractivity contribution in [2.45, 2.75) is 51.8 Å². The maximum absolute atomic E-state index is 3.33. The molecule has 0 saturated carbocycles. The molecule has 0 heterocycles. The van der Waals surface area contributed by atoms with Gasteiger partial charge in [-0.25, -0.2) is 0 Å². The first kappa shape index (κ1) is 48.8. The molecular weight excluding hydrogens is 771 g/mol. The Kier molecular flexibility index (Phi) is 16.3. The molecule has 4 rings (SSSR count). The summed E-state index contributed by atoms with van der Waals surface area (Å²) in [5, 5.41) is 4.46. The van der Waals surface area contributed by atoms with Gasteiger partial charge in [-0.3, -0.25) is 0 Å². The summed E-state index contributed by atoms with van der Waals surface area (Å²) in [5.74, 6) is 0. The Balaban J connectivity index is 0.00000468. The standard InChI is InChI=1S/C42H63N6Si.3ClH.Ti/c1-26-27(2)29(4)39(28(26)3)49(40-30(5)33(43(8)9)20-23-36(40)46(14)15,41-31(6)34(44(10)11)21-24-37(41)47(16)17)42-32(7)35(45(12)13)22-25-38(42)48(18)19;;;;/h20-25H,1-19H3;3*1H;/q;;;;+3/p-3. The zero-order valence-electron chi connectivity index (χ0n) is 35.8. The fourth-order valence-corrected chi connectivity index (χ4v) is 18.8. The molecule has 1 aliphatic rings. The zero-order chi connectivity index (χ0) is 37.9. The number of halogens is 3. The van der Waals surface area contributed by atoms with Crippen LogP contribution in [0.2, 0.25) is 3.34 Å². The van der Waals surface area contributed by atoms with Crippen LogP contribution in [0.5, 0.6) is 0 Å². The van der Waals surface area contributed by atoms with Gasteiger partial charge in [0.15, 0.2) is 0 Å². The van der Waals surface area contributed by atoms with Gasteiger partial charge in [0.2, 0.25) is 0 Å². The summed E-state index contributed by atoms with van der Waals surface area (Å²) >= 11 is 2.62. The van der Waals surface area contributed by atoms with Crippen LogP contribution in [0.1, 0.15) is 44.4 Å². The fraction of sp³-hybridized carbons (Fsp3) is 0.476. The normalized spacial score (nSPS) is 13.6. The van der Waals surface area contributed by atoms with Gasteiger partial charge in [0.05, 0.1) is 0 Å². The van der Waals surface area contributed by atoms with Crippen LogP contribution in [-0.2, 0) is 20.4 Å². The van der Waals surface area contributed by atoms with Gasteiger partial charge in [-0.15, -0.1) is 0 Å². The van der Waals surface area contributed by atoms with Crippen LogP contribution in [0.3, 0.4) is 0 Å². The molecular formula is C42H63Cl3N6SiTi. The monoisotopic (exact) mass is 832 g/mol. The Morgan fingerprint density at radius 2 is 0.566 bits per heavy atom. The molecule has 11 heteroatoms. The van der Waals surface area contributed by atoms with Gasteiger partial charge in [-0.1, -0.05) is 0 Å². The number of nitrogens with zero attached hydrogens (tertiary/aromatic N) is 6. The van der Waals surface area contributed by atoms with Crippen LogP contribution < -0.4 is 82.2 Å². The third-order valence-electron chi connectivity index (χ3n) is 11.6. The Morgan fingerprint density at radius 1 is 0.377 bits per heavy atom. The zero-order valence-corrected chi connectivity index (χ0v) is 40.6. The molecule has 290 valence electrons. The van der Waals surface area contributed by atoms with Crippen molar-refractivity contribution in [2.24, 2.45) is 0 Å². The van der Waals surface area contributed by atoms with E-state index >= 15 is 0 Å². The van der Waals surface area contributed by atoms with Gasteiger partial charge in [0.25, 0.3) is 0 Å². The summed E-state index contributed by atoms with van der Waals surface area (Å²) in [6.07, 6.45) is 0. The fourth-order valence-electron chi connectivity index (χ4n) is 8.96. The topological polar surface area (TPSA) is 19.4 Å². The first-order valence-electron chi connectivity index (χ1n) is 17.7. The van der Waals surface area contributed by atoms with Crippen LogP contribution in [-0.4, -0.2) is 92.6 Å². The molecule has 0 amide bonds. The minimum Gasteiger partial charge on any atom is -1.00 e. The molecule has 0 saturated heterocycles. The van der Waals surface area contributed by atoms with E-state index in [-0.39, 0.29) is 40.6 Å². The van der Waals surface area contributed by atoms with E-state index in [1.165, 1.54) is 88.7 Å². The van der Waals surface area contributed by atoms with Crippen molar-refractivity contribution in [3.05, 3.63) is 75.4 Å². The van der Waals surface area contributed by atoms with Gasteiger partial charge in [-0.2, -0.15) is 0 Å². The second-order valence-corrected chi connectivity index (χ2v) is 21.4. The Bertz CT molecular complexity index is 1690. The molecule has 0 bridgehead atoms. The van der Waals surface area contributed by atoms with Crippen LogP contribution in [0.4, 0.5) is 34.1 Å². The van der Waals surface area contributed by atoms with E-state index in [2.05, 4.69) is 219 Å². The summed E-state index contributed by atoms with van der Waals surface area (Å²) < 4.78 is -0.317. The average Bonchev–Trinajstić information content (AvgIpc) is 3.17. The number of allylic oxidation sites excluding steroid dienone is 4. The van der Waals surface area contributed by atoms with E-state index in [0.29, 0.717) is 0 Å². The SMILES string of the molecule is CC1=C(C)[C]([Ti+3])([Si](c2c(N(C)C)ccc(N(C)C)c2C)(c2c(N(C)C)ccc(N(C)C)c2C)c2c(N(C)C)ccc(N(C)C)c2C)C(C)=C1C.[Cl-].[Cl-].[Cl-]. The third kappa shape index (κ3) is 7.40. The molecule has 53 heavy (non-hydrogen) atoms. The van der Waals surface area contributed by atoms with Gasteiger partial charge in [0.1, 0.15) is 0 Å². The van der Waals surface area contributed by atoms with Crippen LogP contribution >= 0.6 is 0 Å². The Labute approximate surface area is 354 Å². The quantitative estimate of drug-likeness (QED) is 0.164. The smallest absolute Gasteiger partial charge is 1.00 e. The Morgan fingerprint density at radius 3 is 0.755 bits per heavy atom. The van der Waals surface area contributed by atoms with Gasteiger partial charge < -0.3 is 37.2 Å². The molecule has 6 nitrogen and oxygen atoms in total. The number of benzene rings is 3. The largest absolute Gasteiger partial charge is 1.00 e. The Hall–Kier alpha value is -2.26. The maximum Gasteiger partial charge on any atom is -1.00 e. The second-order valence-electron chi connectivity index (χ2n) is 15.7. The van der Waals surface area contributed by atoms with Gasteiger partial charge in [0, 0.05) is 0 Å². The molecule has 3 aromatic rings. The molecule has 0 spiro atoms. The minimum absolute atomic E-state index is 0. The molecule has 0 fully saturated rings. The number of hydrogen-bond acceptors (Lipinski definition) is 6. The van der Waals surface area contributed by atoms with E-state index in [1.54, 1.807) is 0 Å². The van der Waals surface area contributed by atoms with Gasteiger partial charge >= 0.3 is 319 Å². The van der Waals surface area contributed by atoms with E-state index in [0.717, 1.165) is 0 Å². The maximum atomic E-state index is 2.62. The van der Waals surface area contributed by atoms with Crippen LogP contribution in [0.15, 0.2) is 58.7 Å². The van der Waals surface area contributed by atoms with E-state index in [9.17, 15) is 0 Å². The summed E-state index contributed by atoms with van der Waals surface area (Å²) in [4.78, 5) is 14.0. The average molecular weight is 834 g/mol. The van der Waals surface area contributed by atoms with Crippen molar-refractivity contribution in [3.63, 3.8) is 0 Å². The number of anilines is 6. The molecule has 0 unspecified atom stereocenters. The van der Waals surface area contributed by atoms with Crippen molar-refractivity contribution < 1.29 is 57.7 Å². The van der Waals surface area contributed by atoms with E-state index < -0.39 is 8.07 Å². The molecule has 3 aromatic carbocycles. The summed E-state index contributed by atoms with van der Waals surface area (Å²) in [5.41, 5.74) is 17.6. The molecule has 0 aromatic heterocycles. The predicted octanol–water partition coefficient (Wildman–Crippen LogP) is -2.58. The molecule has 0 atom stereocenters. The first-order chi connectivity index (χ1) is 23.1. The van der Waals surface area contributed by atoms with Crippen molar-refractivity contribution in [1.82, 2.24) is 0 Å². The van der Waals surface area contributed by atoms with Gasteiger partial charge in [-0.05, 0) is 0 Å². The van der Waals surface area contributed by atoms with Crippen LogP contribution in [0, 0.1) is 20.8 Å². The van der Waals surface area contributed by atoms with Crippen molar-refractivity contribution in [3.8, 4) is 0 Å². The summed E-state index contributed by atoms with van der Waals surface area (Å²) in [7, 11) is 23.2. The molecule has 0 aliphatic heterocycles. The molecule has 0 N–H and O–H groups in total. The van der Waals surface area contributed by atoms with Crippen LogP contribution in [0.25, 0.3) is 0 Å².